The Morgan fingerprint density at radius 1 is 1.08 bits per heavy atom. The van der Waals surface area contributed by atoms with Crippen molar-refractivity contribution in [1.82, 2.24) is 4.57 Å². The van der Waals surface area contributed by atoms with Crippen LogP contribution in [0.4, 0.5) is 0 Å². The maximum Gasteiger partial charge on any atom is 0.308 e. The minimum absolute atomic E-state index is 0.262. The van der Waals surface area contributed by atoms with Crippen molar-refractivity contribution >= 4 is 34.4 Å². The third kappa shape index (κ3) is 2.98. The number of hydrogen-bond donors (Lipinski definition) is 0. The molecule has 0 unspecified atom stereocenters. The van der Waals surface area contributed by atoms with Gasteiger partial charge >= 0.3 is 5.97 Å². The van der Waals surface area contributed by atoms with E-state index in [0.29, 0.717) is 38.7 Å². The first-order chi connectivity index (χ1) is 11.9. The first kappa shape index (κ1) is 17.0. The minimum Gasteiger partial charge on any atom is -0.495 e. The molecular formula is C19H16ClNO4. The van der Waals surface area contributed by atoms with Gasteiger partial charge in [-0.3, -0.25) is 14.2 Å². The number of aromatic nitrogens is 1. The topological polar surface area (TPSA) is 57.5 Å². The van der Waals surface area contributed by atoms with Crippen molar-refractivity contribution in [2.75, 3.05) is 7.11 Å². The molecule has 0 radical (unpaired) electrons. The number of methoxy groups -OCH3 is 1. The summed E-state index contributed by atoms with van der Waals surface area (Å²) in [7, 11) is 1.53. The summed E-state index contributed by atoms with van der Waals surface area (Å²) in [5, 5.41) is 1.18. The molecule has 0 N–H and O–H groups in total. The zero-order valence-corrected chi connectivity index (χ0v) is 14.8. The first-order valence-corrected chi connectivity index (χ1v) is 7.98. The Balaban J connectivity index is 2.29. The maximum atomic E-state index is 13.1. The van der Waals surface area contributed by atoms with E-state index in [1.54, 1.807) is 49.4 Å². The third-order valence-corrected chi connectivity index (χ3v) is 4.14. The number of halogens is 1. The molecule has 6 heteroatoms. The maximum absolute atomic E-state index is 13.1. The molecule has 0 saturated carbocycles. The van der Waals surface area contributed by atoms with Gasteiger partial charge in [-0.15, -0.1) is 0 Å². The minimum atomic E-state index is -0.455. The molecule has 0 bridgehead atoms. The van der Waals surface area contributed by atoms with E-state index >= 15 is 0 Å². The fraction of sp³-hybridized carbons (Fsp3) is 0.158. The van der Waals surface area contributed by atoms with Crippen LogP contribution in [0.3, 0.4) is 0 Å². The summed E-state index contributed by atoms with van der Waals surface area (Å²) in [4.78, 5) is 24.6. The highest BCUT2D eigenvalue weighted by molar-refractivity contribution is 6.30. The van der Waals surface area contributed by atoms with Crippen LogP contribution < -0.4 is 9.47 Å². The Bertz CT molecular complexity index is 973. The molecule has 1 heterocycles. The van der Waals surface area contributed by atoms with Crippen molar-refractivity contribution in [2.24, 2.45) is 0 Å². The molecule has 5 nitrogen and oxygen atoms in total. The number of fused-ring (bicyclic) bond motifs is 1. The largest absolute Gasteiger partial charge is 0.495 e. The average molecular weight is 358 g/mol. The summed E-state index contributed by atoms with van der Waals surface area (Å²) in [5.41, 5.74) is 1.54. The highest BCUT2D eigenvalue weighted by Gasteiger charge is 2.24. The zero-order chi connectivity index (χ0) is 18.1. The Labute approximate surface area is 149 Å². The molecule has 3 rings (SSSR count). The molecule has 1 aromatic heterocycles. The molecular weight excluding hydrogens is 342 g/mol. The van der Waals surface area contributed by atoms with E-state index in [1.165, 1.54) is 18.6 Å². The summed E-state index contributed by atoms with van der Waals surface area (Å²) in [6.45, 7) is 3.05. The molecule has 0 aliphatic rings. The van der Waals surface area contributed by atoms with Gasteiger partial charge in [0.1, 0.15) is 11.3 Å². The van der Waals surface area contributed by atoms with Crippen LogP contribution in [0.25, 0.3) is 10.9 Å². The van der Waals surface area contributed by atoms with E-state index < -0.39 is 5.97 Å². The van der Waals surface area contributed by atoms with Gasteiger partial charge in [0, 0.05) is 22.9 Å². The summed E-state index contributed by atoms with van der Waals surface area (Å²) >= 11 is 5.90. The second-order valence-electron chi connectivity index (χ2n) is 5.51. The molecule has 0 aliphatic carbocycles. The lowest BCUT2D eigenvalue weighted by atomic mass is 10.2. The standard InChI is InChI=1S/C19H16ClNO4/c1-11-18(25-12(2)22)15-5-4-6-16(24-3)17(15)21(11)19(23)13-7-9-14(20)10-8-13/h4-10H,1-3H3. The van der Waals surface area contributed by atoms with Gasteiger partial charge in [0.05, 0.1) is 12.8 Å². The van der Waals surface area contributed by atoms with Crippen LogP contribution in [0.15, 0.2) is 42.5 Å². The van der Waals surface area contributed by atoms with Crippen molar-refractivity contribution < 1.29 is 19.1 Å². The lowest BCUT2D eigenvalue weighted by Gasteiger charge is -2.09. The van der Waals surface area contributed by atoms with Gasteiger partial charge in [-0.05, 0) is 43.3 Å². The number of rotatable bonds is 3. The average Bonchev–Trinajstić information content (AvgIpc) is 2.86. The monoisotopic (exact) mass is 357 g/mol. The molecule has 0 amide bonds. The predicted molar refractivity (Wildman–Crippen MR) is 95.7 cm³/mol. The SMILES string of the molecule is COc1cccc2c(OC(C)=O)c(C)n(C(=O)c3ccc(Cl)cc3)c12. The Kier molecular flexibility index (Phi) is 4.51. The number of benzene rings is 2. The summed E-state index contributed by atoms with van der Waals surface area (Å²) in [6, 6.07) is 11.9. The van der Waals surface area contributed by atoms with Crippen LogP contribution in [0.5, 0.6) is 11.5 Å². The van der Waals surface area contributed by atoms with E-state index in [-0.39, 0.29) is 5.91 Å². The number of carbonyl (C=O) groups excluding carboxylic acids is 2. The number of hydrogen-bond acceptors (Lipinski definition) is 4. The van der Waals surface area contributed by atoms with Gasteiger partial charge in [-0.25, -0.2) is 0 Å². The highest BCUT2D eigenvalue weighted by atomic mass is 35.5. The normalized spacial score (nSPS) is 10.7. The van der Waals surface area contributed by atoms with Crippen molar-refractivity contribution in [3.8, 4) is 11.5 Å². The van der Waals surface area contributed by atoms with E-state index in [9.17, 15) is 9.59 Å². The Morgan fingerprint density at radius 3 is 2.36 bits per heavy atom. The van der Waals surface area contributed by atoms with Crippen LogP contribution in [0.1, 0.15) is 23.0 Å². The molecule has 0 fully saturated rings. The fourth-order valence-corrected chi connectivity index (χ4v) is 2.94. The van der Waals surface area contributed by atoms with Gasteiger partial charge in [0.2, 0.25) is 0 Å². The van der Waals surface area contributed by atoms with Gasteiger partial charge in [0.25, 0.3) is 5.91 Å². The van der Waals surface area contributed by atoms with Gasteiger partial charge in [-0.2, -0.15) is 0 Å². The predicted octanol–water partition coefficient (Wildman–Crippen LogP) is 4.23. The van der Waals surface area contributed by atoms with E-state index in [2.05, 4.69) is 0 Å². The van der Waals surface area contributed by atoms with E-state index in [0.717, 1.165) is 0 Å². The van der Waals surface area contributed by atoms with Gasteiger partial charge in [-0.1, -0.05) is 17.7 Å². The molecule has 128 valence electrons. The van der Waals surface area contributed by atoms with Crippen LogP contribution in [-0.4, -0.2) is 23.6 Å². The number of nitrogens with zero attached hydrogens (tertiary/aromatic N) is 1. The molecule has 25 heavy (non-hydrogen) atoms. The molecule has 0 saturated heterocycles. The third-order valence-electron chi connectivity index (χ3n) is 3.89. The summed E-state index contributed by atoms with van der Waals surface area (Å²) in [6.07, 6.45) is 0. The van der Waals surface area contributed by atoms with E-state index in [4.69, 9.17) is 21.1 Å². The number of carbonyl (C=O) groups is 2. The zero-order valence-electron chi connectivity index (χ0n) is 14.0. The van der Waals surface area contributed by atoms with E-state index in [1.807, 2.05) is 0 Å². The van der Waals surface area contributed by atoms with Gasteiger partial charge in [0.15, 0.2) is 5.75 Å². The molecule has 2 aromatic carbocycles. The van der Waals surface area contributed by atoms with Crippen molar-refractivity contribution in [2.45, 2.75) is 13.8 Å². The van der Waals surface area contributed by atoms with Crippen LogP contribution in [-0.2, 0) is 4.79 Å². The number of para-hydroxylation sites is 1. The highest BCUT2D eigenvalue weighted by Crippen LogP contribution is 2.38. The van der Waals surface area contributed by atoms with Crippen LogP contribution >= 0.6 is 11.6 Å². The summed E-state index contributed by atoms with van der Waals surface area (Å²) < 4.78 is 12.3. The summed E-state index contributed by atoms with van der Waals surface area (Å²) in [5.74, 6) is 0.149. The molecule has 0 spiro atoms. The lowest BCUT2D eigenvalue weighted by Crippen LogP contribution is -2.14. The number of esters is 1. The van der Waals surface area contributed by atoms with Crippen LogP contribution in [0.2, 0.25) is 5.02 Å². The van der Waals surface area contributed by atoms with Crippen LogP contribution in [0, 0.1) is 6.92 Å². The van der Waals surface area contributed by atoms with Crippen molar-refractivity contribution in [1.29, 1.82) is 0 Å². The first-order valence-electron chi connectivity index (χ1n) is 7.60. The molecule has 3 aromatic rings. The fourth-order valence-electron chi connectivity index (χ4n) is 2.81. The molecule has 0 aliphatic heterocycles. The second-order valence-corrected chi connectivity index (χ2v) is 5.95. The Hall–Kier alpha value is -2.79. The van der Waals surface area contributed by atoms with Gasteiger partial charge < -0.3 is 9.47 Å². The second kappa shape index (κ2) is 6.61. The van der Waals surface area contributed by atoms with Crippen molar-refractivity contribution in [3.05, 3.63) is 58.7 Å². The molecule has 0 atom stereocenters. The number of ether oxygens (including phenoxy) is 2. The lowest BCUT2D eigenvalue weighted by molar-refractivity contribution is -0.131. The Morgan fingerprint density at radius 2 is 1.76 bits per heavy atom. The quantitative estimate of drug-likeness (QED) is 0.658. The van der Waals surface area contributed by atoms with Crippen molar-refractivity contribution in [3.63, 3.8) is 0 Å². The smallest absolute Gasteiger partial charge is 0.308 e.